The molecular weight excluding hydrogens is 414 g/mol. The highest BCUT2D eigenvalue weighted by molar-refractivity contribution is 5.91. The quantitative estimate of drug-likeness (QED) is 0.540. The van der Waals surface area contributed by atoms with Crippen LogP contribution in [0.4, 0.5) is 5.69 Å². The summed E-state index contributed by atoms with van der Waals surface area (Å²) in [6.45, 7) is 4.43. The molecule has 176 valence electrons. The second-order valence-corrected chi connectivity index (χ2v) is 9.20. The van der Waals surface area contributed by atoms with Crippen molar-refractivity contribution in [1.29, 1.82) is 0 Å². The van der Waals surface area contributed by atoms with Gasteiger partial charge in [0.1, 0.15) is 6.04 Å². The van der Waals surface area contributed by atoms with E-state index in [2.05, 4.69) is 5.32 Å². The molecule has 2 aromatic rings. The maximum Gasteiger partial charge on any atom is 0.240 e. The predicted octanol–water partition coefficient (Wildman–Crippen LogP) is 3.85. The molecule has 33 heavy (non-hydrogen) atoms. The minimum absolute atomic E-state index is 0.289. The van der Waals surface area contributed by atoms with Crippen molar-refractivity contribution in [2.24, 2.45) is 11.7 Å². The van der Waals surface area contributed by atoms with Crippen LogP contribution in [0, 0.1) is 12.8 Å². The highest BCUT2D eigenvalue weighted by Gasteiger charge is 2.27. The first-order chi connectivity index (χ1) is 15.9. The third-order valence-corrected chi connectivity index (χ3v) is 6.60. The Balaban J connectivity index is 1.78. The molecule has 3 rings (SSSR count). The Bertz CT molecular complexity index is 954. The molecule has 1 saturated carbocycles. The van der Waals surface area contributed by atoms with Crippen molar-refractivity contribution in [2.45, 2.75) is 64.3 Å². The molecule has 0 heterocycles. The lowest BCUT2D eigenvalue weighted by Crippen LogP contribution is -2.47. The van der Waals surface area contributed by atoms with Crippen LogP contribution in [-0.4, -0.2) is 30.8 Å². The Morgan fingerprint density at radius 1 is 1.12 bits per heavy atom. The number of aryl methyl sites for hydroxylation is 1. The zero-order valence-electron chi connectivity index (χ0n) is 19.6. The Hall–Kier alpha value is -3.15. The maximum absolute atomic E-state index is 13.2. The summed E-state index contributed by atoms with van der Waals surface area (Å²) in [4.78, 5) is 39.0. The molecule has 2 aromatic carbocycles. The van der Waals surface area contributed by atoms with E-state index in [0.29, 0.717) is 18.9 Å². The van der Waals surface area contributed by atoms with Crippen molar-refractivity contribution in [2.75, 3.05) is 11.4 Å². The van der Waals surface area contributed by atoms with E-state index in [0.717, 1.165) is 41.6 Å². The number of nitrogens with one attached hydrogen (secondary N) is 1. The van der Waals surface area contributed by atoms with E-state index in [1.54, 1.807) is 11.8 Å². The van der Waals surface area contributed by atoms with Gasteiger partial charge in [-0.15, -0.1) is 0 Å². The van der Waals surface area contributed by atoms with Gasteiger partial charge in [0.2, 0.25) is 18.2 Å². The lowest BCUT2D eigenvalue weighted by molar-refractivity contribution is -0.128. The number of nitrogens with zero attached hydrogens (tertiary/aromatic N) is 1. The van der Waals surface area contributed by atoms with Gasteiger partial charge in [0, 0.05) is 18.7 Å². The number of rotatable bonds is 10. The Labute approximate surface area is 196 Å². The number of benzene rings is 2. The molecule has 3 N–H and O–H groups in total. The Morgan fingerprint density at radius 3 is 2.45 bits per heavy atom. The monoisotopic (exact) mass is 449 g/mol. The van der Waals surface area contributed by atoms with Crippen LogP contribution < -0.4 is 16.0 Å². The zero-order valence-corrected chi connectivity index (χ0v) is 19.6. The van der Waals surface area contributed by atoms with Crippen LogP contribution in [0.1, 0.15) is 61.6 Å². The molecule has 1 fully saturated rings. The molecule has 0 aliphatic heterocycles. The summed E-state index contributed by atoms with van der Waals surface area (Å²) in [6, 6.07) is 14.5. The van der Waals surface area contributed by atoms with Crippen molar-refractivity contribution < 1.29 is 14.4 Å². The van der Waals surface area contributed by atoms with Crippen molar-refractivity contribution in [1.82, 2.24) is 5.32 Å². The lowest BCUT2D eigenvalue weighted by Gasteiger charge is -2.30. The molecule has 6 heteroatoms. The topological polar surface area (TPSA) is 92.5 Å². The van der Waals surface area contributed by atoms with E-state index in [1.807, 2.05) is 55.5 Å². The third-order valence-electron chi connectivity index (χ3n) is 6.60. The Kier molecular flexibility index (Phi) is 8.64. The van der Waals surface area contributed by atoms with Crippen LogP contribution in [-0.2, 0) is 20.8 Å². The van der Waals surface area contributed by atoms with Crippen LogP contribution in [0.15, 0.2) is 48.5 Å². The van der Waals surface area contributed by atoms with E-state index in [1.165, 1.54) is 19.3 Å². The van der Waals surface area contributed by atoms with E-state index in [9.17, 15) is 14.4 Å². The van der Waals surface area contributed by atoms with Gasteiger partial charge in [-0.1, -0.05) is 61.7 Å². The molecular formula is C27H35N3O3. The fourth-order valence-electron chi connectivity index (χ4n) is 4.63. The normalized spacial score (nSPS) is 15.9. The summed E-state index contributed by atoms with van der Waals surface area (Å²) in [5.74, 6) is -0.933. The van der Waals surface area contributed by atoms with E-state index >= 15 is 0 Å². The highest BCUT2D eigenvalue weighted by Crippen LogP contribution is 2.32. The van der Waals surface area contributed by atoms with Crippen LogP contribution in [0.25, 0.3) is 0 Å². The van der Waals surface area contributed by atoms with E-state index < -0.39 is 17.9 Å². The number of amides is 3. The fourth-order valence-corrected chi connectivity index (χ4v) is 4.63. The Morgan fingerprint density at radius 2 is 1.82 bits per heavy atom. The smallest absolute Gasteiger partial charge is 0.240 e. The summed E-state index contributed by atoms with van der Waals surface area (Å²) in [7, 11) is 0. The van der Waals surface area contributed by atoms with E-state index in [4.69, 9.17) is 5.73 Å². The van der Waals surface area contributed by atoms with Gasteiger partial charge in [-0.05, 0) is 55.4 Å². The van der Waals surface area contributed by atoms with Gasteiger partial charge in [-0.2, -0.15) is 0 Å². The van der Waals surface area contributed by atoms with Gasteiger partial charge in [0.25, 0.3) is 0 Å². The summed E-state index contributed by atoms with van der Waals surface area (Å²) in [5, 5.41) is 2.82. The molecule has 1 aliphatic rings. The molecule has 0 saturated heterocycles. The molecule has 3 amide bonds. The number of carbonyl (C=O) groups excluding carboxylic acids is 3. The minimum atomic E-state index is -0.805. The lowest BCUT2D eigenvalue weighted by atomic mass is 9.88. The van der Waals surface area contributed by atoms with Crippen LogP contribution in [0.2, 0.25) is 0 Å². The SMILES string of the molecule is Cc1ccc(C(C)C(=O)N[C@@H](Cc2ccccc2)C(N)=O)c(N(C=O)CC2CCCCC2)c1. The first kappa shape index (κ1) is 24.5. The van der Waals surface area contributed by atoms with Gasteiger partial charge in [0.05, 0.1) is 5.92 Å². The van der Waals surface area contributed by atoms with Gasteiger partial charge in [-0.25, -0.2) is 0 Å². The zero-order chi connectivity index (χ0) is 23.8. The first-order valence-electron chi connectivity index (χ1n) is 11.8. The number of carbonyl (C=O) groups is 3. The van der Waals surface area contributed by atoms with Gasteiger partial charge in [0.15, 0.2) is 0 Å². The van der Waals surface area contributed by atoms with Crippen molar-refractivity contribution in [3.05, 3.63) is 65.2 Å². The minimum Gasteiger partial charge on any atom is -0.368 e. The summed E-state index contributed by atoms with van der Waals surface area (Å²) in [6.07, 6.45) is 7.12. The largest absolute Gasteiger partial charge is 0.368 e. The molecule has 0 bridgehead atoms. The molecule has 0 spiro atoms. The van der Waals surface area contributed by atoms with Gasteiger partial charge < -0.3 is 16.0 Å². The summed E-state index contributed by atoms with van der Waals surface area (Å²) < 4.78 is 0. The number of nitrogens with two attached hydrogens (primary N) is 1. The highest BCUT2D eigenvalue weighted by atomic mass is 16.2. The second-order valence-electron chi connectivity index (χ2n) is 9.20. The average Bonchev–Trinajstić information content (AvgIpc) is 2.82. The van der Waals surface area contributed by atoms with Crippen molar-refractivity contribution >= 4 is 23.9 Å². The molecule has 2 atom stereocenters. The fraction of sp³-hybridized carbons (Fsp3) is 0.444. The number of anilines is 1. The van der Waals surface area contributed by atoms with Crippen LogP contribution >= 0.6 is 0 Å². The second kappa shape index (κ2) is 11.6. The number of hydrogen-bond donors (Lipinski definition) is 2. The van der Waals surface area contributed by atoms with Crippen LogP contribution in [0.5, 0.6) is 0 Å². The predicted molar refractivity (Wildman–Crippen MR) is 131 cm³/mol. The molecule has 0 radical (unpaired) electrons. The molecule has 1 aliphatic carbocycles. The van der Waals surface area contributed by atoms with Crippen molar-refractivity contribution in [3.8, 4) is 0 Å². The van der Waals surface area contributed by atoms with E-state index in [-0.39, 0.29) is 5.91 Å². The summed E-state index contributed by atoms with van der Waals surface area (Å²) >= 11 is 0. The van der Waals surface area contributed by atoms with Gasteiger partial charge in [-0.3, -0.25) is 14.4 Å². The maximum atomic E-state index is 13.2. The van der Waals surface area contributed by atoms with Crippen LogP contribution in [0.3, 0.4) is 0 Å². The number of primary amides is 1. The molecule has 0 aromatic heterocycles. The average molecular weight is 450 g/mol. The third kappa shape index (κ3) is 6.67. The molecule has 1 unspecified atom stereocenters. The van der Waals surface area contributed by atoms with Gasteiger partial charge >= 0.3 is 0 Å². The number of hydrogen-bond acceptors (Lipinski definition) is 3. The summed E-state index contributed by atoms with van der Waals surface area (Å²) in [5.41, 5.74) is 9.06. The first-order valence-corrected chi connectivity index (χ1v) is 11.8. The molecule has 6 nitrogen and oxygen atoms in total. The standard InChI is InChI=1S/C27H35N3O3/c1-19-13-14-23(25(15-19)30(18-31)17-22-11-7-4-8-12-22)20(2)27(33)29-24(26(28)32)16-21-9-5-3-6-10-21/h3,5-6,9-10,13-15,18,20,22,24H,4,7-8,11-12,16-17H2,1-2H3,(H2,28,32)(H,29,33)/t20?,24-/m0/s1. The van der Waals surface area contributed by atoms with Crippen molar-refractivity contribution in [3.63, 3.8) is 0 Å².